The summed E-state index contributed by atoms with van der Waals surface area (Å²) in [6.07, 6.45) is 2.50. The number of aromatic amines is 1. The first kappa shape index (κ1) is 27.7. The van der Waals surface area contributed by atoms with Crippen LogP contribution in [0.2, 0.25) is 10.0 Å². The molecule has 5 aromatic rings. The normalized spacial score (nSPS) is 12.4. The molecule has 0 saturated carbocycles. The van der Waals surface area contributed by atoms with Crippen LogP contribution in [0.3, 0.4) is 0 Å². The molecule has 5 rings (SSSR count). The van der Waals surface area contributed by atoms with Gasteiger partial charge in [-0.25, -0.2) is 4.79 Å². The van der Waals surface area contributed by atoms with Gasteiger partial charge in [-0.3, -0.25) is 0 Å². The number of benzene rings is 3. The molecule has 40 heavy (non-hydrogen) atoms. The lowest BCUT2D eigenvalue weighted by atomic mass is 10.0. The van der Waals surface area contributed by atoms with Gasteiger partial charge >= 0.3 is 6.09 Å². The highest BCUT2D eigenvalue weighted by Gasteiger charge is 2.27. The lowest BCUT2D eigenvalue weighted by Gasteiger charge is -2.24. The third-order valence-corrected chi connectivity index (χ3v) is 7.23. The zero-order chi connectivity index (χ0) is 28.3. The molecule has 2 aromatic heterocycles. The second kappa shape index (κ2) is 11.7. The van der Waals surface area contributed by atoms with Crippen LogP contribution < -0.4 is 5.32 Å². The molecule has 3 aromatic carbocycles. The van der Waals surface area contributed by atoms with Crippen LogP contribution in [0.1, 0.15) is 55.2 Å². The first-order chi connectivity index (χ1) is 19.2. The van der Waals surface area contributed by atoms with E-state index in [2.05, 4.69) is 38.7 Å². The van der Waals surface area contributed by atoms with Crippen LogP contribution in [0.15, 0.2) is 79.0 Å². The van der Waals surface area contributed by atoms with Gasteiger partial charge < -0.3 is 19.6 Å². The van der Waals surface area contributed by atoms with Gasteiger partial charge in [0, 0.05) is 29.9 Å². The second-order valence-electron chi connectivity index (χ2n) is 10.7. The number of nitrogens with zero attached hydrogens (tertiary/aromatic N) is 3. The minimum atomic E-state index is -0.651. The largest absolute Gasteiger partial charge is 0.444 e. The molecular weight excluding hydrogens is 545 g/mol. The Morgan fingerprint density at radius 1 is 0.975 bits per heavy atom. The molecule has 0 saturated heterocycles. The van der Waals surface area contributed by atoms with Gasteiger partial charge in [0.15, 0.2) is 5.82 Å². The maximum absolute atomic E-state index is 13.1. The van der Waals surface area contributed by atoms with Gasteiger partial charge in [-0.15, -0.1) is 10.2 Å². The minimum absolute atomic E-state index is 0.446. The smallest absolute Gasteiger partial charge is 0.408 e. The maximum atomic E-state index is 13.1. The van der Waals surface area contributed by atoms with Crippen molar-refractivity contribution < 1.29 is 9.53 Å². The van der Waals surface area contributed by atoms with Crippen LogP contribution in [0.25, 0.3) is 10.9 Å². The molecule has 206 valence electrons. The molecule has 0 aliphatic heterocycles. The summed E-state index contributed by atoms with van der Waals surface area (Å²) in [4.78, 5) is 16.4. The Hall–Kier alpha value is -3.81. The van der Waals surface area contributed by atoms with Crippen molar-refractivity contribution in [3.8, 4) is 0 Å². The third-order valence-electron chi connectivity index (χ3n) is 6.49. The van der Waals surface area contributed by atoms with Gasteiger partial charge in [0.2, 0.25) is 0 Å². The number of carbonyl (C=O) groups excluding carboxylic acids is 1. The molecule has 7 nitrogen and oxygen atoms in total. The molecule has 1 amide bonds. The Morgan fingerprint density at radius 3 is 2.48 bits per heavy atom. The lowest BCUT2D eigenvalue weighted by Crippen LogP contribution is -2.37. The Morgan fingerprint density at radius 2 is 1.73 bits per heavy atom. The summed E-state index contributed by atoms with van der Waals surface area (Å²) in [5, 5.41) is 14.3. The lowest BCUT2D eigenvalue weighted by molar-refractivity contribution is 0.0500. The van der Waals surface area contributed by atoms with E-state index in [9.17, 15) is 4.79 Å². The quantitative estimate of drug-likeness (QED) is 0.200. The van der Waals surface area contributed by atoms with Crippen molar-refractivity contribution >= 4 is 40.2 Å². The first-order valence-electron chi connectivity index (χ1n) is 13.1. The van der Waals surface area contributed by atoms with Gasteiger partial charge in [0.25, 0.3) is 0 Å². The van der Waals surface area contributed by atoms with E-state index in [0.717, 1.165) is 33.4 Å². The van der Waals surface area contributed by atoms with Crippen LogP contribution in [-0.4, -0.2) is 31.4 Å². The SMILES string of the molecule is CC(C)(C)OC(=O)N[C@H](Cc1c[nH]c2ccccc12)c1nnc(Cc2ccccc2)n1Cc1ccc(Cl)c(Cl)c1. The maximum Gasteiger partial charge on any atom is 0.408 e. The van der Waals surface area contributed by atoms with Crippen LogP contribution >= 0.6 is 23.2 Å². The molecule has 1 atom stereocenters. The van der Waals surface area contributed by atoms with Gasteiger partial charge in [-0.2, -0.15) is 0 Å². The molecule has 0 fully saturated rings. The van der Waals surface area contributed by atoms with E-state index in [-0.39, 0.29) is 0 Å². The Balaban J connectivity index is 1.57. The summed E-state index contributed by atoms with van der Waals surface area (Å²) in [7, 11) is 0. The standard InChI is InChI=1S/C31H31Cl2N5O2/c1-31(2,3)40-30(39)35-27(17-22-18-34-26-12-8-7-11-23(22)26)29-37-36-28(16-20-9-5-4-6-10-20)38(29)19-21-13-14-24(32)25(33)15-21/h4-15,18,27,34H,16-17,19H2,1-3H3,(H,35,39)/t27-/m1/s1. The number of aromatic nitrogens is 4. The molecule has 0 aliphatic carbocycles. The van der Waals surface area contributed by atoms with Crippen LogP contribution in [-0.2, 0) is 24.1 Å². The van der Waals surface area contributed by atoms with E-state index in [1.54, 1.807) is 6.07 Å². The average molecular weight is 577 g/mol. The van der Waals surface area contributed by atoms with Crippen molar-refractivity contribution in [3.63, 3.8) is 0 Å². The third kappa shape index (κ3) is 6.66. The summed E-state index contributed by atoms with van der Waals surface area (Å²) in [5.41, 5.74) is 3.46. The summed E-state index contributed by atoms with van der Waals surface area (Å²) < 4.78 is 7.68. The number of nitrogens with one attached hydrogen (secondary N) is 2. The molecular formula is C31H31Cl2N5O2. The fraction of sp³-hybridized carbons (Fsp3) is 0.258. The van der Waals surface area contributed by atoms with Crippen molar-refractivity contribution in [2.24, 2.45) is 0 Å². The fourth-order valence-electron chi connectivity index (χ4n) is 4.69. The van der Waals surface area contributed by atoms with Crippen LogP contribution in [0.4, 0.5) is 4.79 Å². The number of rotatable bonds is 8. The Labute approximate surface area is 243 Å². The van der Waals surface area contributed by atoms with Crippen molar-refractivity contribution in [1.29, 1.82) is 0 Å². The summed E-state index contributed by atoms with van der Waals surface area (Å²) in [6, 6.07) is 23.2. The monoisotopic (exact) mass is 575 g/mol. The Kier molecular flexibility index (Phi) is 8.14. The molecule has 0 radical (unpaired) electrons. The number of hydrogen-bond donors (Lipinski definition) is 2. The zero-order valence-electron chi connectivity index (χ0n) is 22.6. The Bertz CT molecular complexity index is 1620. The van der Waals surface area contributed by atoms with E-state index in [4.69, 9.17) is 27.9 Å². The van der Waals surface area contributed by atoms with Crippen molar-refractivity contribution in [2.75, 3.05) is 0 Å². The first-order valence-corrected chi connectivity index (χ1v) is 13.9. The van der Waals surface area contributed by atoms with Gasteiger partial charge in [0.05, 0.1) is 22.6 Å². The summed E-state index contributed by atoms with van der Waals surface area (Å²) in [5.74, 6) is 1.38. The number of amides is 1. The molecule has 2 N–H and O–H groups in total. The number of halogens is 2. The number of carbonyl (C=O) groups is 1. The molecule has 9 heteroatoms. The number of ether oxygens (including phenoxy) is 1. The summed E-state index contributed by atoms with van der Waals surface area (Å²) >= 11 is 12.5. The highest BCUT2D eigenvalue weighted by atomic mass is 35.5. The number of H-pyrrole nitrogens is 1. The highest BCUT2D eigenvalue weighted by molar-refractivity contribution is 6.42. The highest BCUT2D eigenvalue weighted by Crippen LogP contribution is 2.28. The molecule has 2 heterocycles. The molecule has 0 spiro atoms. The van der Waals surface area contributed by atoms with Crippen molar-refractivity contribution in [1.82, 2.24) is 25.1 Å². The average Bonchev–Trinajstić information content (AvgIpc) is 3.49. The van der Waals surface area contributed by atoms with Crippen molar-refractivity contribution in [2.45, 2.75) is 51.8 Å². The predicted molar refractivity (Wildman–Crippen MR) is 159 cm³/mol. The van der Waals surface area contributed by atoms with Crippen LogP contribution in [0, 0.1) is 0 Å². The van der Waals surface area contributed by atoms with Crippen molar-refractivity contribution in [3.05, 3.63) is 117 Å². The number of para-hydroxylation sites is 1. The predicted octanol–water partition coefficient (Wildman–Crippen LogP) is 7.51. The number of hydrogen-bond acceptors (Lipinski definition) is 4. The van der Waals surface area contributed by atoms with E-state index in [1.807, 2.05) is 80.1 Å². The van der Waals surface area contributed by atoms with E-state index < -0.39 is 17.7 Å². The zero-order valence-corrected chi connectivity index (χ0v) is 24.1. The second-order valence-corrected chi connectivity index (χ2v) is 11.5. The number of alkyl carbamates (subject to hydrolysis) is 1. The molecule has 0 aliphatic rings. The minimum Gasteiger partial charge on any atom is -0.444 e. The van der Waals surface area contributed by atoms with E-state index in [0.29, 0.717) is 35.3 Å². The van der Waals surface area contributed by atoms with Crippen LogP contribution in [0.5, 0.6) is 0 Å². The van der Waals surface area contributed by atoms with Gasteiger partial charge in [-0.1, -0.05) is 77.8 Å². The van der Waals surface area contributed by atoms with E-state index >= 15 is 0 Å². The number of fused-ring (bicyclic) bond motifs is 1. The topological polar surface area (TPSA) is 84.8 Å². The fourth-order valence-corrected chi connectivity index (χ4v) is 5.01. The van der Waals surface area contributed by atoms with Gasteiger partial charge in [-0.05, 0) is 55.7 Å². The molecule has 0 unspecified atom stereocenters. The van der Waals surface area contributed by atoms with E-state index in [1.165, 1.54) is 0 Å². The molecule has 0 bridgehead atoms. The summed E-state index contributed by atoms with van der Waals surface area (Å²) in [6.45, 7) is 5.96. The van der Waals surface area contributed by atoms with Gasteiger partial charge in [0.1, 0.15) is 11.4 Å².